The average molecular weight is 520 g/mol. The van der Waals surface area contributed by atoms with Crippen molar-refractivity contribution in [3.8, 4) is 0 Å². The minimum atomic E-state index is -3.89. The summed E-state index contributed by atoms with van der Waals surface area (Å²) in [5.74, 6) is 0.522. The molecule has 2 aliphatic rings. The molecule has 0 radical (unpaired) electrons. The van der Waals surface area contributed by atoms with Crippen LogP contribution < -0.4 is 9.80 Å². The van der Waals surface area contributed by atoms with Crippen molar-refractivity contribution in [1.29, 1.82) is 0 Å². The first-order valence-corrected chi connectivity index (χ1v) is 14.0. The summed E-state index contributed by atoms with van der Waals surface area (Å²) >= 11 is 0. The Kier molecular flexibility index (Phi) is 5.92. The minimum Gasteiger partial charge on any atom is -0.365 e. The largest absolute Gasteiger partial charge is 0.365 e. The zero-order chi connectivity index (χ0) is 25.7. The number of pyridine rings is 1. The fourth-order valence-electron chi connectivity index (χ4n) is 5.39. The zero-order valence-corrected chi connectivity index (χ0v) is 21.9. The average Bonchev–Trinajstić information content (AvgIpc) is 3.23. The van der Waals surface area contributed by atoms with Crippen LogP contribution in [0.5, 0.6) is 0 Å². The molecule has 4 aromatic rings. The van der Waals surface area contributed by atoms with Crippen molar-refractivity contribution in [2.75, 3.05) is 49.6 Å². The van der Waals surface area contributed by atoms with E-state index in [-0.39, 0.29) is 4.90 Å². The van der Waals surface area contributed by atoms with Gasteiger partial charge in [-0.1, -0.05) is 17.7 Å². The molecule has 0 N–H and O–H groups in total. The number of likely N-dealkylation sites (N-methyl/N-ethyl adjacent to an activating group) is 1. The molecule has 0 amide bonds. The predicted octanol–water partition coefficient (Wildman–Crippen LogP) is 4.04. The van der Waals surface area contributed by atoms with Gasteiger partial charge >= 0.3 is 0 Å². The third-order valence-electron chi connectivity index (χ3n) is 7.55. The highest BCUT2D eigenvalue weighted by atomic mass is 32.2. The first-order valence-electron chi connectivity index (χ1n) is 12.6. The van der Waals surface area contributed by atoms with Crippen LogP contribution in [0.15, 0.2) is 65.7 Å². The highest BCUT2D eigenvalue weighted by Gasteiger charge is 2.31. The van der Waals surface area contributed by atoms with Gasteiger partial charge in [-0.05, 0) is 56.4 Å². The van der Waals surface area contributed by atoms with Crippen LogP contribution in [0.4, 0.5) is 15.9 Å². The van der Waals surface area contributed by atoms with Gasteiger partial charge in [-0.25, -0.2) is 21.8 Å². The Morgan fingerprint density at radius 2 is 1.65 bits per heavy atom. The molecule has 0 atom stereocenters. The maximum atomic E-state index is 14.3. The van der Waals surface area contributed by atoms with Crippen LogP contribution in [0.25, 0.3) is 10.9 Å². The smallest absolute Gasteiger partial charge is 0.268 e. The highest BCUT2D eigenvalue weighted by Crippen LogP contribution is 2.36. The molecule has 0 bridgehead atoms. The van der Waals surface area contributed by atoms with Crippen LogP contribution in [-0.4, -0.2) is 62.0 Å². The number of piperazine rings is 1. The van der Waals surface area contributed by atoms with E-state index in [9.17, 15) is 12.8 Å². The molecule has 2 aliphatic heterocycles. The number of aromatic nitrogens is 2. The third-order valence-corrected chi connectivity index (χ3v) is 9.31. The fourth-order valence-corrected chi connectivity index (χ4v) is 6.98. The SMILES string of the molecule is Cc1ccc(S(=O)(=O)n2c3c(c4ccc(F)cc42)CN(c2ccc(N4CCN(C)CC4)nc2)CC3)cc1. The molecule has 7 nitrogen and oxygen atoms in total. The molecule has 2 aromatic heterocycles. The molecule has 1 saturated heterocycles. The Bertz CT molecular complexity index is 1560. The van der Waals surface area contributed by atoms with Gasteiger partial charge in [0.25, 0.3) is 10.0 Å². The number of hydrogen-bond donors (Lipinski definition) is 0. The number of aryl methyl sites for hydroxylation is 1. The third kappa shape index (κ3) is 4.26. The number of anilines is 2. The number of halogens is 1. The van der Waals surface area contributed by atoms with E-state index in [1.807, 2.05) is 13.1 Å². The van der Waals surface area contributed by atoms with Crippen LogP contribution in [0.2, 0.25) is 0 Å². The van der Waals surface area contributed by atoms with Crippen LogP contribution in [0.1, 0.15) is 16.8 Å². The molecule has 0 saturated carbocycles. The van der Waals surface area contributed by atoms with Crippen molar-refractivity contribution in [2.45, 2.75) is 24.8 Å². The predicted molar refractivity (Wildman–Crippen MR) is 144 cm³/mol. The zero-order valence-electron chi connectivity index (χ0n) is 21.1. The molecule has 9 heteroatoms. The lowest BCUT2D eigenvalue weighted by atomic mass is 10.0. The van der Waals surface area contributed by atoms with E-state index in [0.717, 1.165) is 59.9 Å². The Labute approximate surface area is 216 Å². The fraction of sp³-hybridized carbons (Fsp3) is 0.321. The quantitative estimate of drug-likeness (QED) is 0.406. The van der Waals surface area contributed by atoms with E-state index in [1.165, 1.54) is 16.1 Å². The lowest BCUT2D eigenvalue weighted by Gasteiger charge is -2.34. The number of rotatable bonds is 4. The van der Waals surface area contributed by atoms with Crippen molar-refractivity contribution < 1.29 is 12.8 Å². The topological polar surface area (TPSA) is 61.7 Å². The summed E-state index contributed by atoms with van der Waals surface area (Å²) in [6.45, 7) is 7.06. The van der Waals surface area contributed by atoms with Gasteiger partial charge in [-0.15, -0.1) is 0 Å². The van der Waals surface area contributed by atoms with Crippen LogP contribution >= 0.6 is 0 Å². The van der Waals surface area contributed by atoms with Crippen molar-refractivity contribution in [3.05, 3.63) is 83.4 Å². The molecule has 4 heterocycles. The van der Waals surface area contributed by atoms with E-state index in [4.69, 9.17) is 4.98 Å². The number of benzene rings is 2. The summed E-state index contributed by atoms with van der Waals surface area (Å²) in [6, 6.07) is 15.4. The van der Waals surface area contributed by atoms with E-state index in [2.05, 4.69) is 33.9 Å². The lowest BCUT2D eigenvalue weighted by molar-refractivity contribution is 0.312. The molecule has 1 fully saturated rings. The Balaban J connectivity index is 1.35. The van der Waals surface area contributed by atoms with E-state index >= 15 is 0 Å². The molecular formula is C28H30FN5O2S. The molecule has 2 aromatic carbocycles. The van der Waals surface area contributed by atoms with E-state index in [1.54, 1.807) is 30.3 Å². The van der Waals surface area contributed by atoms with Gasteiger partial charge in [0.15, 0.2) is 0 Å². The summed E-state index contributed by atoms with van der Waals surface area (Å²) < 4.78 is 43.2. The van der Waals surface area contributed by atoms with Crippen LogP contribution in [0, 0.1) is 12.7 Å². The standard InChI is InChI=1S/C28H30FN5O2S/c1-20-3-7-23(8-4-20)37(35,36)34-26-11-12-33(19-25(26)24-9-5-21(29)17-27(24)34)22-6-10-28(30-18-22)32-15-13-31(2)14-16-32/h3-10,17-18H,11-16,19H2,1-2H3. The second-order valence-corrected chi connectivity index (χ2v) is 11.8. The number of nitrogens with zero attached hydrogens (tertiary/aromatic N) is 5. The van der Waals surface area contributed by atoms with Crippen molar-refractivity contribution in [3.63, 3.8) is 0 Å². The van der Waals surface area contributed by atoms with Gasteiger partial charge in [0.2, 0.25) is 0 Å². The van der Waals surface area contributed by atoms with Gasteiger partial charge in [-0.3, -0.25) is 0 Å². The Morgan fingerprint density at radius 1 is 0.892 bits per heavy atom. The summed E-state index contributed by atoms with van der Waals surface area (Å²) in [4.78, 5) is 11.8. The molecule has 0 unspecified atom stereocenters. The molecule has 6 rings (SSSR count). The number of fused-ring (bicyclic) bond motifs is 3. The van der Waals surface area contributed by atoms with Gasteiger partial charge in [-0.2, -0.15) is 0 Å². The van der Waals surface area contributed by atoms with Gasteiger partial charge in [0, 0.05) is 62.3 Å². The minimum absolute atomic E-state index is 0.202. The summed E-state index contributed by atoms with van der Waals surface area (Å²) in [6.07, 6.45) is 2.43. The van der Waals surface area contributed by atoms with E-state index in [0.29, 0.717) is 25.0 Å². The van der Waals surface area contributed by atoms with E-state index < -0.39 is 15.8 Å². The Hall–Kier alpha value is -3.43. The monoisotopic (exact) mass is 519 g/mol. The lowest BCUT2D eigenvalue weighted by Crippen LogP contribution is -2.44. The van der Waals surface area contributed by atoms with Crippen molar-refractivity contribution >= 4 is 32.4 Å². The first-order chi connectivity index (χ1) is 17.8. The van der Waals surface area contributed by atoms with Gasteiger partial charge in [0.05, 0.1) is 22.3 Å². The summed E-state index contributed by atoms with van der Waals surface area (Å²) in [5.41, 5.74) is 4.00. The second-order valence-electron chi connectivity index (χ2n) is 10.0. The van der Waals surface area contributed by atoms with Gasteiger partial charge in [0.1, 0.15) is 11.6 Å². The first kappa shape index (κ1) is 23.9. The maximum absolute atomic E-state index is 14.3. The molecule has 0 spiro atoms. The molecule has 192 valence electrons. The second kappa shape index (κ2) is 9.15. The maximum Gasteiger partial charge on any atom is 0.268 e. The molecular weight excluding hydrogens is 489 g/mol. The summed E-state index contributed by atoms with van der Waals surface area (Å²) in [7, 11) is -1.76. The number of hydrogen-bond acceptors (Lipinski definition) is 6. The highest BCUT2D eigenvalue weighted by molar-refractivity contribution is 7.90. The van der Waals surface area contributed by atoms with Crippen LogP contribution in [-0.2, 0) is 23.0 Å². The normalized spacial score (nSPS) is 16.8. The Morgan fingerprint density at radius 3 is 2.35 bits per heavy atom. The van der Waals surface area contributed by atoms with Gasteiger partial charge < -0.3 is 14.7 Å². The molecule has 37 heavy (non-hydrogen) atoms. The van der Waals surface area contributed by atoms with Crippen LogP contribution in [0.3, 0.4) is 0 Å². The molecule has 0 aliphatic carbocycles. The van der Waals surface area contributed by atoms with Crippen molar-refractivity contribution in [1.82, 2.24) is 13.9 Å². The summed E-state index contributed by atoms with van der Waals surface area (Å²) in [5, 5.41) is 0.763. The van der Waals surface area contributed by atoms with Crippen molar-refractivity contribution in [2.24, 2.45) is 0 Å².